The van der Waals surface area contributed by atoms with E-state index in [-0.39, 0.29) is 11.0 Å². The molecule has 2 aromatic carbocycles. The van der Waals surface area contributed by atoms with Gasteiger partial charge in [0.1, 0.15) is 5.82 Å². The lowest BCUT2D eigenvalue weighted by molar-refractivity contribution is 0.0977. The van der Waals surface area contributed by atoms with E-state index in [9.17, 15) is 4.79 Å². The normalized spacial score (nSPS) is 10.4. The minimum Gasteiger partial charge on any atom is -0.298 e. The Labute approximate surface area is 161 Å². The molecule has 0 aliphatic heterocycles. The van der Waals surface area contributed by atoms with Crippen molar-refractivity contribution in [2.24, 2.45) is 0 Å². The molecular weight excluding hydrogens is 366 g/mol. The predicted molar refractivity (Wildman–Crippen MR) is 108 cm³/mol. The Kier molecular flexibility index (Phi) is 5.65. The summed E-state index contributed by atoms with van der Waals surface area (Å²) in [5, 5.41) is 11.5. The Morgan fingerprint density at radius 2 is 1.69 bits per heavy atom. The van der Waals surface area contributed by atoms with Gasteiger partial charge in [-0.3, -0.25) is 15.5 Å². The van der Waals surface area contributed by atoms with Gasteiger partial charge in [0, 0.05) is 5.56 Å². The van der Waals surface area contributed by atoms with E-state index in [1.807, 2.05) is 48.7 Å². The molecule has 1 heterocycles. The summed E-state index contributed by atoms with van der Waals surface area (Å²) in [5.41, 5.74) is 5.60. The monoisotopic (exact) mass is 383 g/mol. The van der Waals surface area contributed by atoms with Crippen LogP contribution < -0.4 is 10.7 Å². The second-order valence-electron chi connectivity index (χ2n) is 5.41. The van der Waals surface area contributed by atoms with E-state index in [2.05, 4.69) is 20.9 Å². The van der Waals surface area contributed by atoms with Crippen LogP contribution in [0.1, 0.15) is 16.2 Å². The van der Waals surface area contributed by atoms with E-state index in [0.29, 0.717) is 16.5 Å². The fourth-order valence-corrected chi connectivity index (χ4v) is 3.02. The molecule has 8 heteroatoms. The molecule has 26 heavy (non-hydrogen) atoms. The van der Waals surface area contributed by atoms with Crippen molar-refractivity contribution in [3.8, 4) is 11.1 Å². The number of benzene rings is 2. The summed E-state index contributed by atoms with van der Waals surface area (Å²) in [6.07, 6.45) is 1.89. The van der Waals surface area contributed by atoms with Gasteiger partial charge in [0.2, 0.25) is 5.16 Å². The first kappa shape index (κ1) is 18.1. The maximum atomic E-state index is 12.4. The van der Waals surface area contributed by atoms with Crippen LogP contribution in [0.4, 0.5) is 0 Å². The van der Waals surface area contributed by atoms with Gasteiger partial charge in [-0.1, -0.05) is 54.2 Å². The molecule has 0 saturated heterocycles. The molecule has 0 radical (unpaired) electrons. The Morgan fingerprint density at radius 1 is 1.04 bits per heavy atom. The Balaban J connectivity index is 1.66. The molecule has 1 aromatic heterocycles. The van der Waals surface area contributed by atoms with Gasteiger partial charge in [-0.15, -0.1) is 10.2 Å². The summed E-state index contributed by atoms with van der Waals surface area (Å²) >= 11 is 6.65. The van der Waals surface area contributed by atoms with Crippen molar-refractivity contribution in [1.29, 1.82) is 0 Å². The lowest BCUT2D eigenvalue weighted by Crippen LogP contribution is -2.38. The molecule has 0 aliphatic rings. The molecule has 0 saturated carbocycles. The molecule has 3 rings (SSSR count). The second kappa shape index (κ2) is 8.11. The van der Waals surface area contributed by atoms with Gasteiger partial charge in [-0.25, -0.2) is 4.68 Å². The molecule has 3 aromatic rings. The van der Waals surface area contributed by atoms with Crippen LogP contribution in [0.2, 0.25) is 0 Å². The van der Waals surface area contributed by atoms with E-state index in [1.54, 1.807) is 23.7 Å². The van der Waals surface area contributed by atoms with Gasteiger partial charge < -0.3 is 0 Å². The first-order valence-electron chi connectivity index (χ1n) is 7.82. The van der Waals surface area contributed by atoms with E-state index >= 15 is 0 Å². The van der Waals surface area contributed by atoms with Crippen molar-refractivity contribution >= 4 is 35.0 Å². The van der Waals surface area contributed by atoms with Crippen LogP contribution in [0, 0.1) is 6.92 Å². The van der Waals surface area contributed by atoms with E-state index in [0.717, 1.165) is 11.1 Å². The molecule has 0 bridgehead atoms. The molecule has 6 nitrogen and oxygen atoms in total. The average Bonchev–Trinajstić information content (AvgIpc) is 3.02. The Bertz CT molecular complexity index is 923. The lowest BCUT2D eigenvalue weighted by Gasteiger charge is -2.12. The third kappa shape index (κ3) is 4.09. The standard InChI is InChI=1S/C18H17N5OS2/c1-12-20-21-18(26-2)23(12)22-17(25)19-16(24)15-10-8-14(9-11-15)13-6-4-3-5-7-13/h3-11H,1-2H3,(H2,19,22,24,25). The minimum absolute atomic E-state index is 0.181. The number of hydrogen-bond acceptors (Lipinski definition) is 5. The molecular formula is C18H17N5OS2. The third-order valence-electron chi connectivity index (χ3n) is 3.67. The fourth-order valence-electron chi connectivity index (χ4n) is 2.35. The van der Waals surface area contributed by atoms with E-state index in [4.69, 9.17) is 12.2 Å². The number of hydrogen-bond donors (Lipinski definition) is 2. The number of carbonyl (C=O) groups is 1. The fraction of sp³-hybridized carbons (Fsp3) is 0.111. The van der Waals surface area contributed by atoms with Crippen LogP contribution in [-0.4, -0.2) is 32.1 Å². The number of nitrogens with zero attached hydrogens (tertiary/aromatic N) is 3. The van der Waals surface area contributed by atoms with Gasteiger partial charge in [0.15, 0.2) is 5.11 Å². The van der Waals surface area contributed by atoms with Crippen LogP contribution in [0.25, 0.3) is 11.1 Å². The maximum absolute atomic E-state index is 12.4. The summed E-state index contributed by atoms with van der Waals surface area (Å²) < 4.78 is 1.63. The first-order valence-corrected chi connectivity index (χ1v) is 9.45. The van der Waals surface area contributed by atoms with Crippen LogP contribution in [0.3, 0.4) is 0 Å². The number of thioether (sulfide) groups is 1. The maximum Gasteiger partial charge on any atom is 0.257 e. The van der Waals surface area contributed by atoms with Gasteiger partial charge in [0.25, 0.3) is 5.91 Å². The van der Waals surface area contributed by atoms with Crippen LogP contribution in [0.5, 0.6) is 0 Å². The van der Waals surface area contributed by atoms with Gasteiger partial charge in [-0.05, 0) is 48.7 Å². The van der Waals surface area contributed by atoms with E-state index in [1.165, 1.54) is 11.8 Å². The third-order valence-corrected chi connectivity index (χ3v) is 4.50. The van der Waals surface area contributed by atoms with Crippen molar-refractivity contribution in [3.05, 3.63) is 66.0 Å². The Morgan fingerprint density at radius 3 is 2.35 bits per heavy atom. The topological polar surface area (TPSA) is 71.8 Å². The van der Waals surface area contributed by atoms with Gasteiger partial charge >= 0.3 is 0 Å². The first-order chi connectivity index (χ1) is 12.6. The highest BCUT2D eigenvalue weighted by Gasteiger charge is 2.12. The van der Waals surface area contributed by atoms with Crippen molar-refractivity contribution in [3.63, 3.8) is 0 Å². The molecule has 0 spiro atoms. The summed E-state index contributed by atoms with van der Waals surface area (Å²) in [6.45, 7) is 1.80. The van der Waals surface area contributed by atoms with Gasteiger partial charge in [0.05, 0.1) is 0 Å². The number of nitrogens with one attached hydrogen (secondary N) is 2. The smallest absolute Gasteiger partial charge is 0.257 e. The van der Waals surface area contributed by atoms with Crippen molar-refractivity contribution in [1.82, 2.24) is 20.2 Å². The number of carbonyl (C=O) groups excluding carboxylic acids is 1. The molecule has 1 amide bonds. The number of aryl methyl sites for hydroxylation is 1. The number of amides is 1. The SMILES string of the molecule is CSc1nnc(C)n1NC(=S)NC(=O)c1ccc(-c2ccccc2)cc1. The van der Waals surface area contributed by atoms with Gasteiger partial charge in [-0.2, -0.15) is 0 Å². The molecule has 0 atom stereocenters. The number of thiocarbonyl (C=S) groups is 1. The Hall–Kier alpha value is -2.71. The minimum atomic E-state index is -0.279. The summed E-state index contributed by atoms with van der Waals surface area (Å²) in [4.78, 5) is 12.4. The average molecular weight is 384 g/mol. The zero-order chi connectivity index (χ0) is 18.5. The highest BCUT2D eigenvalue weighted by Crippen LogP contribution is 2.19. The second-order valence-corrected chi connectivity index (χ2v) is 6.59. The zero-order valence-corrected chi connectivity index (χ0v) is 15.9. The predicted octanol–water partition coefficient (Wildman–Crippen LogP) is 3.23. The molecule has 0 unspecified atom stereocenters. The quantitative estimate of drug-likeness (QED) is 0.532. The lowest BCUT2D eigenvalue weighted by atomic mass is 10.0. The van der Waals surface area contributed by atoms with Crippen LogP contribution in [-0.2, 0) is 0 Å². The molecule has 2 N–H and O–H groups in total. The highest BCUT2D eigenvalue weighted by atomic mass is 32.2. The van der Waals surface area contributed by atoms with Crippen molar-refractivity contribution in [2.45, 2.75) is 12.1 Å². The summed E-state index contributed by atoms with van der Waals surface area (Å²) in [7, 11) is 0. The number of aromatic nitrogens is 3. The van der Waals surface area contributed by atoms with Crippen molar-refractivity contribution < 1.29 is 4.79 Å². The number of rotatable bonds is 4. The molecule has 0 aliphatic carbocycles. The van der Waals surface area contributed by atoms with Crippen LogP contribution >= 0.6 is 24.0 Å². The largest absolute Gasteiger partial charge is 0.298 e. The van der Waals surface area contributed by atoms with Crippen molar-refractivity contribution in [2.75, 3.05) is 11.7 Å². The highest BCUT2D eigenvalue weighted by molar-refractivity contribution is 7.98. The zero-order valence-electron chi connectivity index (χ0n) is 14.3. The summed E-state index contributed by atoms with van der Waals surface area (Å²) in [5.74, 6) is 0.372. The molecule has 132 valence electrons. The summed E-state index contributed by atoms with van der Waals surface area (Å²) in [6, 6.07) is 17.4. The van der Waals surface area contributed by atoms with Crippen LogP contribution in [0.15, 0.2) is 59.8 Å². The molecule has 0 fully saturated rings. The van der Waals surface area contributed by atoms with E-state index < -0.39 is 0 Å².